The smallest absolute Gasteiger partial charge is 0.302 e. The van der Waals surface area contributed by atoms with Crippen LogP contribution in [0.2, 0.25) is 0 Å². The SMILES string of the molecule is CC(=O)OCC(O)c1ccccc1COc1cc(C)ccc1C. The van der Waals surface area contributed by atoms with E-state index in [4.69, 9.17) is 9.47 Å². The Hall–Kier alpha value is -2.33. The third-order valence-electron chi connectivity index (χ3n) is 3.59. The molecule has 0 spiro atoms. The van der Waals surface area contributed by atoms with Gasteiger partial charge in [0, 0.05) is 6.92 Å². The third kappa shape index (κ3) is 4.83. The van der Waals surface area contributed by atoms with Crippen LogP contribution >= 0.6 is 0 Å². The van der Waals surface area contributed by atoms with Crippen molar-refractivity contribution >= 4 is 5.97 Å². The second kappa shape index (κ2) is 7.79. The highest BCUT2D eigenvalue weighted by atomic mass is 16.5. The number of esters is 1. The first kappa shape index (κ1) is 17.0. The zero-order chi connectivity index (χ0) is 16.8. The highest BCUT2D eigenvalue weighted by Crippen LogP contribution is 2.23. The Morgan fingerprint density at radius 3 is 2.65 bits per heavy atom. The second-order valence-corrected chi connectivity index (χ2v) is 5.57. The minimum atomic E-state index is -0.864. The standard InChI is InChI=1S/C19H22O4/c1-13-8-9-14(2)19(10-13)23-11-16-6-4-5-7-17(16)18(21)12-22-15(3)20/h4-10,18,21H,11-12H2,1-3H3. The van der Waals surface area contributed by atoms with Crippen molar-refractivity contribution in [2.75, 3.05) is 6.61 Å². The Bertz CT molecular complexity index is 679. The molecule has 1 atom stereocenters. The average molecular weight is 314 g/mol. The van der Waals surface area contributed by atoms with Gasteiger partial charge in [0.15, 0.2) is 0 Å². The van der Waals surface area contributed by atoms with E-state index in [0.717, 1.165) is 22.4 Å². The number of aliphatic hydroxyl groups is 1. The van der Waals surface area contributed by atoms with Crippen LogP contribution in [0, 0.1) is 13.8 Å². The molecule has 0 aromatic heterocycles. The molecule has 0 fully saturated rings. The van der Waals surface area contributed by atoms with Crippen LogP contribution in [0.25, 0.3) is 0 Å². The summed E-state index contributed by atoms with van der Waals surface area (Å²) in [7, 11) is 0. The van der Waals surface area contributed by atoms with Crippen LogP contribution in [-0.2, 0) is 16.1 Å². The molecule has 2 rings (SSSR count). The van der Waals surface area contributed by atoms with Crippen LogP contribution in [-0.4, -0.2) is 17.7 Å². The molecule has 122 valence electrons. The minimum absolute atomic E-state index is 0.0597. The summed E-state index contributed by atoms with van der Waals surface area (Å²) in [6.07, 6.45) is -0.864. The van der Waals surface area contributed by atoms with Gasteiger partial charge in [0.05, 0.1) is 0 Å². The maximum Gasteiger partial charge on any atom is 0.302 e. The number of aliphatic hydroxyl groups excluding tert-OH is 1. The zero-order valence-corrected chi connectivity index (χ0v) is 13.7. The summed E-state index contributed by atoms with van der Waals surface area (Å²) in [5.41, 5.74) is 3.77. The normalized spacial score (nSPS) is 11.8. The number of benzene rings is 2. The predicted molar refractivity (Wildman–Crippen MR) is 88.3 cm³/mol. The predicted octanol–water partition coefficient (Wildman–Crippen LogP) is 3.48. The number of aryl methyl sites for hydroxylation is 2. The Morgan fingerprint density at radius 1 is 1.17 bits per heavy atom. The van der Waals surface area contributed by atoms with E-state index in [-0.39, 0.29) is 6.61 Å². The fourth-order valence-corrected chi connectivity index (χ4v) is 2.30. The van der Waals surface area contributed by atoms with Crippen LogP contribution in [0.5, 0.6) is 5.75 Å². The van der Waals surface area contributed by atoms with E-state index in [2.05, 4.69) is 0 Å². The van der Waals surface area contributed by atoms with Crippen molar-refractivity contribution in [2.24, 2.45) is 0 Å². The highest BCUT2D eigenvalue weighted by molar-refractivity contribution is 5.65. The van der Waals surface area contributed by atoms with E-state index in [0.29, 0.717) is 12.2 Å². The Balaban J connectivity index is 2.11. The lowest BCUT2D eigenvalue weighted by Gasteiger charge is -2.16. The topological polar surface area (TPSA) is 55.8 Å². The molecule has 0 saturated carbocycles. The van der Waals surface area contributed by atoms with E-state index < -0.39 is 12.1 Å². The number of carbonyl (C=O) groups is 1. The highest BCUT2D eigenvalue weighted by Gasteiger charge is 2.14. The average Bonchev–Trinajstić information content (AvgIpc) is 2.53. The third-order valence-corrected chi connectivity index (χ3v) is 3.59. The van der Waals surface area contributed by atoms with Gasteiger partial charge in [0.1, 0.15) is 25.1 Å². The van der Waals surface area contributed by atoms with Gasteiger partial charge in [0.25, 0.3) is 0 Å². The first-order valence-corrected chi connectivity index (χ1v) is 7.56. The molecule has 2 aromatic carbocycles. The fourth-order valence-electron chi connectivity index (χ4n) is 2.30. The van der Waals surface area contributed by atoms with Crippen molar-refractivity contribution in [3.63, 3.8) is 0 Å². The van der Waals surface area contributed by atoms with E-state index in [1.54, 1.807) is 0 Å². The van der Waals surface area contributed by atoms with Crippen molar-refractivity contribution in [2.45, 2.75) is 33.5 Å². The summed E-state index contributed by atoms with van der Waals surface area (Å²) in [5, 5.41) is 10.2. The summed E-state index contributed by atoms with van der Waals surface area (Å²) >= 11 is 0. The van der Waals surface area contributed by atoms with E-state index in [1.165, 1.54) is 6.92 Å². The summed E-state index contributed by atoms with van der Waals surface area (Å²) in [6, 6.07) is 13.5. The van der Waals surface area contributed by atoms with Gasteiger partial charge < -0.3 is 14.6 Å². The summed E-state index contributed by atoms with van der Waals surface area (Å²) < 4.78 is 10.8. The molecule has 0 aliphatic heterocycles. The molecular weight excluding hydrogens is 292 g/mol. The van der Waals surface area contributed by atoms with E-state index in [1.807, 2.05) is 56.3 Å². The number of ether oxygens (including phenoxy) is 2. The van der Waals surface area contributed by atoms with Gasteiger partial charge in [-0.3, -0.25) is 4.79 Å². The van der Waals surface area contributed by atoms with Gasteiger partial charge in [-0.05, 0) is 42.2 Å². The lowest BCUT2D eigenvalue weighted by molar-refractivity contribution is -0.144. The molecule has 0 saturated heterocycles. The fraction of sp³-hybridized carbons (Fsp3) is 0.316. The molecule has 0 radical (unpaired) electrons. The lowest BCUT2D eigenvalue weighted by Crippen LogP contribution is -2.13. The van der Waals surface area contributed by atoms with Gasteiger partial charge in [-0.1, -0.05) is 36.4 Å². The summed E-state index contributed by atoms with van der Waals surface area (Å²) in [4.78, 5) is 10.9. The molecule has 0 bridgehead atoms. The van der Waals surface area contributed by atoms with Gasteiger partial charge in [0.2, 0.25) is 0 Å². The van der Waals surface area contributed by atoms with Crippen LogP contribution in [0.4, 0.5) is 0 Å². The zero-order valence-electron chi connectivity index (χ0n) is 13.7. The maximum absolute atomic E-state index is 10.9. The van der Waals surface area contributed by atoms with Crippen LogP contribution in [0.3, 0.4) is 0 Å². The summed E-state index contributed by atoms with van der Waals surface area (Å²) in [6.45, 7) is 5.62. The Morgan fingerprint density at radius 2 is 1.91 bits per heavy atom. The molecule has 23 heavy (non-hydrogen) atoms. The lowest BCUT2D eigenvalue weighted by atomic mass is 10.0. The monoisotopic (exact) mass is 314 g/mol. The molecule has 0 amide bonds. The molecule has 4 heteroatoms. The molecule has 4 nitrogen and oxygen atoms in total. The van der Waals surface area contributed by atoms with Crippen molar-refractivity contribution in [3.05, 3.63) is 64.7 Å². The molecule has 0 heterocycles. The molecule has 2 aromatic rings. The van der Waals surface area contributed by atoms with Crippen molar-refractivity contribution in [1.82, 2.24) is 0 Å². The number of hydrogen-bond acceptors (Lipinski definition) is 4. The molecule has 0 aliphatic rings. The molecule has 1 unspecified atom stereocenters. The molecule has 1 N–H and O–H groups in total. The molecule has 0 aliphatic carbocycles. The van der Waals surface area contributed by atoms with Crippen LogP contribution in [0.15, 0.2) is 42.5 Å². The van der Waals surface area contributed by atoms with Gasteiger partial charge in [-0.2, -0.15) is 0 Å². The van der Waals surface area contributed by atoms with Crippen LogP contribution in [0.1, 0.15) is 35.3 Å². The van der Waals surface area contributed by atoms with Crippen LogP contribution < -0.4 is 4.74 Å². The van der Waals surface area contributed by atoms with Gasteiger partial charge in [-0.15, -0.1) is 0 Å². The number of carbonyl (C=O) groups excluding carboxylic acids is 1. The largest absolute Gasteiger partial charge is 0.489 e. The van der Waals surface area contributed by atoms with Gasteiger partial charge >= 0.3 is 5.97 Å². The van der Waals surface area contributed by atoms with E-state index in [9.17, 15) is 9.90 Å². The van der Waals surface area contributed by atoms with Gasteiger partial charge in [-0.25, -0.2) is 0 Å². The first-order chi connectivity index (χ1) is 11.0. The maximum atomic E-state index is 10.9. The second-order valence-electron chi connectivity index (χ2n) is 5.57. The quantitative estimate of drug-likeness (QED) is 0.829. The van der Waals surface area contributed by atoms with Crippen molar-refractivity contribution < 1.29 is 19.4 Å². The minimum Gasteiger partial charge on any atom is -0.489 e. The van der Waals surface area contributed by atoms with Crippen molar-refractivity contribution in [1.29, 1.82) is 0 Å². The van der Waals surface area contributed by atoms with Crippen molar-refractivity contribution in [3.8, 4) is 5.75 Å². The molecular formula is C19H22O4. The number of rotatable bonds is 6. The Labute approximate surface area is 136 Å². The van der Waals surface area contributed by atoms with E-state index >= 15 is 0 Å². The first-order valence-electron chi connectivity index (χ1n) is 7.56. The number of hydrogen-bond donors (Lipinski definition) is 1. The Kier molecular flexibility index (Phi) is 5.77. The summed E-state index contributed by atoms with van der Waals surface area (Å²) in [5.74, 6) is 0.419.